The number of carboxylic acids is 1. The highest BCUT2D eigenvalue weighted by Crippen LogP contribution is 2.21. The van der Waals surface area contributed by atoms with Crippen LogP contribution in [0.1, 0.15) is 32.1 Å². The number of nitrogens with one attached hydrogen (secondary N) is 1. The van der Waals surface area contributed by atoms with E-state index in [0.717, 1.165) is 0 Å². The molecule has 0 saturated heterocycles. The standard InChI is InChI=1S/C9H14F3NO3/c10-9(11,12)5-1-2-6-13-7(14)3-4-8(15)16/h1-6H2,(H,13,14)(H,15,16). The number of alkyl halides is 3. The molecule has 0 aromatic heterocycles. The van der Waals surface area contributed by atoms with Crippen molar-refractivity contribution in [1.29, 1.82) is 0 Å². The number of carbonyl (C=O) groups is 2. The molecule has 0 heterocycles. The number of rotatable bonds is 7. The van der Waals surface area contributed by atoms with Crippen LogP contribution in [0.2, 0.25) is 0 Å². The molecule has 0 atom stereocenters. The van der Waals surface area contributed by atoms with Crippen molar-refractivity contribution in [2.75, 3.05) is 6.54 Å². The summed E-state index contributed by atoms with van der Waals surface area (Å²) in [6.07, 6.45) is -5.24. The Labute approximate surface area is 90.8 Å². The number of hydrogen-bond acceptors (Lipinski definition) is 2. The van der Waals surface area contributed by atoms with Gasteiger partial charge in [-0.1, -0.05) is 0 Å². The second-order valence-corrected chi connectivity index (χ2v) is 3.32. The summed E-state index contributed by atoms with van der Waals surface area (Å²) in [5.41, 5.74) is 0. The summed E-state index contributed by atoms with van der Waals surface area (Å²) in [5.74, 6) is -1.53. The highest BCUT2D eigenvalue weighted by Gasteiger charge is 2.25. The van der Waals surface area contributed by atoms with Gasteiger partial charge in [0.25, 0.3) is 0 Å². The van der Waals surface area contributed by atoms with Gasteiger partial charge in [0.2, 0.25) is 5.91 Å². The van der Waals surface area contributed by atoms with Crippen molar-refractivity contribution in [2.45, 2.75) is 38.3 Å². The predicted octanol–water partition coefficient (Wildman–Crippen LogP) is 1.70. The van der Waals surface area contributed by atoms with Gasteiger partial charge in [0.05, 0.1) is 6.42 Å². The van der Waals surface area contributed by atoms with Crippen LogP contribution < -0.4 is 5.32 Å². The topological polar surface area (TPSA) is 66.4 Å². The minimum Gasteiger partial charge on any atom is -0.481 e. The molecular weight excluding hydrogens is 227 g/mol. The lowest BCUT2D eigenvalue weighted by atomic mass is 10.2. The van der Waals surface area contributed by atoms with Gasteiger partial charge in [0, 0.05) is 19.4 Å². The van der Waals surface area contributed by atoms with Crippen LogP contribution in [0, 0.1) is 0 Å². The van der Waals surface area contributed by atoms with E-state index in [0.29, 0.717) is 0 Å². The molecule has 0 aliphatic carbocycles. The summed E-state index contributed by atoms with van der Waals surface area (Å²) in [6, 6.07) is 0. The third-order valence-electron chi connectivity index (χ3n) is 1.78. The van der Waals surface area contributed by atoms with Crippen LogP contribution in [0.15, 0.2) is 0 Å². The van der Waals surface area contributed by atoms with Crippen LogP contribution in [-0.2, 0) is 9.59 Å². The molecule has 16 heavy (non-hydrogen) atoms. The maximum absolute atomic E-state index is 11.7. The van der Waals surface area contributed by atoms with Crippen molar-refractivity contribution in [2.24, 2.45) is 0 Å². The van der Waals surface area contributed by atoms with Crippen molar-refractivity contribution < 1.29 is 27.9 Å². The highest BCUT2D eigenvalue weighted by molar-refractivity contribution is 5.80. The lowest BCUT2D eigenvalue weighted by Gasteiger charge is -2.06. The molecule has 0 saturated carbocycles. The molecule has 94 valence electrons. The molecule has 0 rings (SSSR count). The molecule has 1 amide bonds. The van der Waals surface area contributed by atoms with Gasteiger partial charge in [-0.25, -0.2) is 0 Å². The Hall–Kier alpha value is -1.27. The van der Waals surface area contributed by atoms with Gasteiger partial charge in [-0.05, 0) is 12.8 Å². The maximum Gasteiger partial charge on any atom is 0.389 e. The Bertz CT molecular complexity index is 241. The fourth-order valence-corrected chi connectivity index (χ4v) is 0.987. The Morgan fingerprint density at radius 1 is 1.12 bits per heavy atom. The summed E-state index contributed by atoms with van der Waals surface area (Å²) < 4.78 is 35.1. The van der Waals surface area contributed by atoms with Crippen LogP contribution in [0.5, 0.6) is 0 Å². The van der Waals surface area contributed by atoms with E-state index in [-0.39, 0.29) is 32.2 Å². The van der Waals surface area contributed by atoms with Gasteiger partial charge in [0.15, 0.2) is 0 Å². The van der Waals surface area contributed by atoms with E-state index in [1.807, 2.05) is 0 Å². The van der Waals surface area contributed by atoms with E-state index >= 15 is 0 Å². The molecule has 0 aliphatic rings. The van der Waals surface area contributed by atoms with Gasteiger partial charge in [-0.3, -0.25) is 9.59 Å². The Morgan fingerprint density at radius 3 is 2.25 bits per heavy atom. The largest absolute Gasteiger partial charge is 0.481 e. The maximum atomic E-state index is 11.7. The molecule has 0 unspecified atom stereocenters. The average molecular weight is 241 g/mol. The zero-order valence-electron chi connectivity index (χ0n) is 8.64. The SMILES string of the molecule is O=C(O)CCC(=O)NCCCCC(F)(F)F. The first kappa shape index (κ1) is 14.7. The van der Waals surface area contributed by atoms with Crippen molar-refractivity contribution in [3.8, 4) is 0 Å². The lowest BCUT2D eigenvalue weighted by Crippen LogP contribution is -2.25. The monoisotopic (exact) mass is 241 g/mol. The molecule has 0 spiro atoms. The zero-order valence-corrected chi connectivity index (χ0v) is 8.64. The number of carbonyl (C=O) groups excluding carboxylic acids is 1. The summed E-state index contributed by atoms with van der Waals surface area (Å²) in [6.45, 7) is 0.147. The van der Waals surface area contributed by atoms with E-state index in [9.17, 15) is 22.8 Å². The minimum absolute atomic E-state index is 0.0390. The second-order valence-electron chi connectivity index (χ2n) is 3.32. The van der Waals surface area contributed by atoms with E-state index in [1.165, 1.54) is 0 Å². The van der Waals surface area contributed by atoms with E-state index in [2.05, 4.69) is 5.32 Å². The van der Waals surface area contributed by atoms with Crippen LogP contribution in [0.25, 0.3) is 0 Å². The summed E-state index contributed by atoms with van der Waals surface area (Å²) in [5, 5.41) is 10.6. The van der Waals surface area contributed by atoms with Gasteiger partial charge in [-0.2, -0.15) is 13.2 Å². The van der Waals surface area contributed by atoms with Crippen molar-refractivity contribution in [3.63, 3.8) is 0 Å². The van der Waals surface area contributed by atoms with E-state index < -0.39 is 24.5 Å². The van der Waals surface area contributed by atoms with Crippen molar-refractivity contribution >= 4 is 11.9 Å². The lowest BCUT2D eigenvalue weighted by molar-refractivity contribution is -0.139. The molecule has 7 heteroatoms. The summed E-state index contributed by atoms with van der Waals surface area (Å²) >= 11 is 0. The molecule has 0 aromatic rings. The van der Waals surface area contributed by atoms with E-state index in [4.69, 9.17) is 5.11 Å². The fraction of sp³-hybridized carbons (Fsp3) is 0.778. The quantitative estimate of drug-likeness (QED) is 0.667. The Kier molecular flexibility index (Phi) is 6.52. The van der Waals surface area contributed by atoms with Crippen molar-refractivity contribution in [3.05, 3.63) is 0 Å². The molecule has 2 N–H and O–H groups in total. The molecule has 0 bridgehead atoms. The van der Waals surface area contributed by atoms with Gasteiger partial charge in [0.1, 0.15) is 0 Å². The number of hydrogen-bond donors (Lipinski definition) is 2. The molecular formula is C9H14F3NO3. The first-order valence-electron chi connectivity index (χ1n) is 4.86. The summed E-state index contributed by atoms with van der Waals surface area (Å²) in [4.78, 5) is 21.0. The first-order valence-corrected chi connectivity index (χ1v) is 4.86. The van der Waals surface area contributed by atoms with Crippen molar-refractivity contribution in [1.82, 2.24) is 5.32 Å². The Balaban J connectivity index is 3.38. The van der Waals surface area contributed by atoms with Crippen LogP contribution >= 0.6 is 0 Å². The van der Waals surface area contributed by atoms with Gasteiger partial charge >= 0.3 is 12.1 Å². The average Bonchev–Trinajstić information content (AvgIpc) is 2.12. The van der Waals surface area contributed by atoms with E-state index in [1.54, 1.807) is 0 Å². The predicted molar refractivity (Wildman–Crippen MR) is 49.8 cm³/mol. The number of carboxylic acid groups (broad SMARTS) is 1. The zero-order chi connectivity index (χ0) is 12.6. The smallest absolute Gasteiger partial charge is 0.389 e. The fourth-order valence-electron chi connectivity index (χ4n) is 0.987. The highest BCUT2D eigenvalue weighted by atomic mass is 19.4. The Morgan fingerprint density at radius 2 is 1.75 bits per heavy atom. The van der Waals surface area contributed by atoms with Crippen LogP contribution in [0.3, 0.4) is 0 Å². The van der Waals surface area contributed by atoms with Crippen LogP contribution in [0.4, 0.5) is 13.2 Å². The number of halogens is 3. The minimum atomic E-state index is -4.16. The molecule has 0 fully saturated rings. The normalized spacial score (nSPS) is 11.2. The number of aliphatic carboxylic acids is 1. The molecule has 0 radical (unpaired) electrons. The third-order valence-corrected chi connectivity index (χ3v) is 1.78. The molecule has 0 aliphatic heterocycles. The third kappa shape index (κ3) is 10.8. The van der Waals surface area contributed by atoms with Gasteiger partial charge in [-0.15, -0.1) is 0 Å². The molecule has 0 aromatic carbocycles. The second kappa shape index (κ2) is 7.08. The summed E-state index contributed by atoms with van der Waals surface area (Å²) in [7, 11) is 0. The first-order chi connectivity index (χ1) is 7.31. The molecule has 4 nitrogen and oxygen atoms in total. The van der Waals surface area contributed by atoms with Gasteiger partial charge < -0.3 is 10.4 Å². The number of amides is 1. The number of unbranched alkanes of at least 4 members (excludes halogenated alkanes) is 1. The van der Waals surface area contributed by atoms with Crippen LogP contribution in [-0.4, -0.2) is 29.7 Å².